The zero-order valence-electron chi connectivity index (χ0n) is 20.0. The molecule has 2 aromatic rings. The lowest BCUT2D eigenvalue weighted by Gasteiger charge is -2.13. The Morgan fingerprint density at radius 3 is 2.26 bits per heavy atom. The summed E-state index contributed by atoms with van der Waals surface area (Å²) in [5, 5.41) is 9.26. The number of aliphatic carboxylic acids is 1. The summed E-state index contributed by atoms with van der Waals surface area (Å²) in [5.41, 5.74) is 2.53. The minimum absolute atomic E-state index is 0.284. The van der Waals surface area contributed by atoms with Crippen LogP contribution in [0.1, 0.15) is 38.8 Å². The van der Waals surface area contributed by atoms with Crippen LogP contribution in [0.15, 0.2) is 52.5 Å². The van der Waals surface area contributed by atoms with Gasteiger partial charge in [-0.05, 0) is 85.1 Å². The Bertz CT molecular complexity index is 1030. The van der Waals surface area contributed by atoms with Crippen LogP contribution in [0, 0.1) is 11.8 Å². The van der Waals surface area contributed by atoms with Crippen molar-refractivity contribution < 1.29 is 28.8 Å². The van der Waals surface area contributed by atoms with Crippen LogP contribution in [0.2, 0.25) is 0 Å². The van der Waals surface area contributed by atoms with Gasteiger partial charge in [-0.15, -0.1) is 0 Å². The molecule has 0 heterocycles. The van der Waals surface area contributed by atoms with Crippen LogP contribution in [0.4, 0.5) is 0 Å². The van der Waals surface area contributed by atoms with Crippen molar-refractivity contribution in [2.24, 2.45) is 0 Å². The van der Waals surface area contributed by atoms with Crippen LogP contribution in [0.5, 0.6) is 17.2 Å². The summed E-state index contributed by atoms with van der Waals surface area (Å²) in [6, 6.07) is 11.1. The largest absolute Gasteiger partial charge is 0.494 e. The quantitative estimate of drug-likeness (QED) is 0.357. The SMILES string of the molecule is CCOc1cc(C#C/C(C)=C\COc2ccc(C[C@H](OCC)C(=O)O)cc2Br)cc(OCC)c1. The maximum atomic E-state index is 11.3. The average Bonchev–Trinajstić information content (AvgIpc) is 2.79. The number of hydrogen-bond acceptors (Lipinski definition) is 5. The third kappa shape index (κ3) is 9.12. The van der Waals surface area contributed by atoms with E-state index in [9.17, 15) is 9.90 Å². The van der Waals surface area contributed by atoms with E-state index in [1.165, 1.54) is 0 Å². The molecule has 182 valence electrons. The predicted octanol–water partition coefficient (Wildman–Crippen LogP) is 5.66. The van der Waals surface area contributed by atoms with Gasteiger partial charge in [0, 0.05) is 24.7 Å². The van der Waals surface area contributed by atoms with E-state index in [1.807, 2.05) is 63.2 Å². The first-order valence-electron chi connectivity index (χ1n) is 11.2. The molecule has 6 nitrogen and oxygen atoms in total. The second-order valence-electron chi connectivity index (χ2n) is 7.26. The van der Waals surface area contributed by atoms with E-state index in [0.29, 0.717) is 32.2 Å². The Labute approximate surface area is 210 Å². The van der Waals surface area contributed by atoms with Crippen molar-refractivity contribution in [3.8, 4) is 29.1 Å². The first-order valence-corrected chi connectivity index (χ1v) is 12.0. The molecule has 0 aliphatic rings. The topological polar surface area (TPSA) is 74.2 Å². The average molecular weight is 531 g/mol. The predicted molar refractivity (Wildman–Crippen MR) is 136 cm³/mol. The van der Waals surface area contributed by atoms with Crippen molar-refractivity contribution in [1.82, 2.24) is 0 Å². The maximum absolute atomic E-state index is 11.3. The fourth-order valence-corrected chi connectivity index (χ4v) is 3.58. The van der Waals surface area contributed by atoms with E-state index in [0.717, 1.165) is 32.7 Å². The molecule has 0 saturated heterocycles. The van der Waals surface area contributed by atoms with Crippen molar-refractivity contribution >= 4 is 21.9 Å². The van der Waals surface area contributed by atoms with Gasteiger partial charge < -0.3 is 24.1 Å². The normalized spacial score (nSPS) is 11.9. The lowest BCUT2D eigenvalue weighted by atomic mass is 10.1. The van der Waals surface area contributed by atoms with Crippen molar-refractivity contribution in [3.63, 3.8) is 0 Å². The van der Waals surface area contributed by atoms with Crippen LogP contribution < -0.4 is 14.2 Å². The smallest absolute Gasteiger partial charge is 0.333 e. The number of hydrogen-bond donors (Lipinski definition) is 1. The van der Waals surface area contributed by atoms with Gasteiger partial charge in [0.1, 0.15) is 23.9 Å². The summed E-state index contributed by atoms with van der Waals surface area (Å²) >= 11 is 3.49. The molecule has 0 aromatic heterocycles. The van der Waals surface area contributed by atoms with Crippen LogP contribution in [-0.2, 0) is 16.0 Å². The molecule has 0 amide bonds. The van der Waals surface area contributed by atoms with Crippen molar-refractivity contribution in [3.05, 3.63) is 63.6 Å². The Kier molecular flexibility index (Phi) is 11.5. The summed E-state index contributed by atoms with van der Waals surface area (Å²) in [6.45, 7) is 9.40. The molecule has 0 saturated carbocycles. The molecule has 0 unspecified atom stereocenters. The van der Waals surface area contributed by atoms with Gasteiger partial charge in [0.15, 0.2) is 6.10 Å². The van der Waals surface area contributed by atoms with E-state index in [1.54, 1.807) is 6.92 Å². The maximum Gasteiger partial charge on any atom is 0.333 e. The number of halogens is 1. The fraction of sp³-hybridized carbons (Fsp3) is 0.370. The van der Waals surface area contributed by atoms with Gasteiger partial charge in [-0.1, -0.05) is 17.9 Å². The third-order valence-corrected chi connectivity index (χ3v) is 5.21. The molecule has 0 spiro atoms. The van der Waals surface area contributed by atoms with E-state index >= 15 is 0 Å². The van der Waals surface area contributed by atoms with Gasteiger partial charge in [-0.2, -0.15) is 0 Å². The molecule has 34 heavy (non-hydrogen) atoms. The van der Waals surface area contributed by atoms with Crippen LogP contribution in [0.25, 0.3) is 0 Å². The summed E-state index contributed by atoms with van der Waals surface area (Å²) in [7, 11) is 0. The van der Waals surface area contributed by atoms with Gasteiger partial charge in [0.05, 0.1) is 17.7 Å². The van der Waals surface area contributed by atoms with Gasteiger partial charge in [-0.25, -0.2) is 4.79 Å². The van der Waals surface area contributed by atoms with Crippen molar-refractivity contribution in [2.45, 2.75) is 40.2 Å². The zero-order chi connectivity index (χ0) is 24.9. The molecular formula is C27H31BrO6. The minimum atomic E-state index is -0.973. The second kappa shape index (κ2) is 14.3. The molecule has 7 heteroatoms. The number of ether oxygens (including phenoxy) is 4. The number of benzene rings is 2. The molecular weight excluding hydrogens is 500 g/mol. The number of rotatable bonds is 12. The van der Waals surface area contributed by atoms with Crippen LogP contribution in [-0.4, -0.2) is 43.6 Å². The highest BCUT2D eigenvalue weighted by atomic mass is 79.9. The summed E-state index contributed by atoms with van der Waals surface area (Å²) in [6.07, 6.45) is 1.32. The molecule has 1 N–H and O–H groups in total. The summed E-state index contributed by atoms with van der Waals surface area (Å²) in [5.74, 6) is 7.42. The van der Waals surface area contributed by atoms with E-state index < -0.39 is 12.1 Å². The molecule has 0 aliphatic heterocycles. The highest BCUT2D eigenvalue weighted by Crippen LogP contribution is 2.27. The van der Waals surface area contributed by atoms with Crippen LogP contribution in [0.3, 0.4) is 0 Å². The first-order chi connectivity index (χ1) is 16.4. The molecule has 1 atom stereocenters. The highest BCUT2D eigenvalue weighted by Gasteiger charge is 2.18. The molecule has 2 rings (SSSR count). The summed E-state index contributed by atoms with van der Waals surface area (Å²) in [4.78, 5) is 11.3. The Balaban J connectivity index is 2.01. The third-order valence-electron chi connectivity index (χ3n) is 4.60. The number of carboxylic acid groups (broad SMARTS) is 1. The van der Waals surface area contributed by atoms with Gasteiger partial charge >= 0.3 is 5.97 Å². The molecule has 0 fully saturated rings. The highest BCUT2D eigenvalue weighted by molar-refractivity contribution is 9.10. The van der Waals surface area contributed by atoms with Gasteiger partial charge in [0.25, 0.3) is 0 Å². The minimum Gasteiger partial charge on any atom is -0.494 e. The second-order valence-corrected chi connectivity index (χ2v) is 8.11. The molecule has 0 radical (unpaired) electrons. The zero-order valence-corrected chi connectivity index (χ0v) is 21.6. The molecule has 2 aromatic carbocycles. The van der Waals surface area contributed by atoms with Gasteiger partial charge in [-0.3, -0.25) is 0 Å². The Morgan fingerprint density at radius 1 is 1.03 bits per heavy atom. The monoisotopic (exact) mass is 530 g/mol. The number of carbonyl (C=O) groups is 1. The van der Waals surface area contributed by atoms with Crippen LogP contribution >= 0.6 is 15.9 Å². The Hall–Kier alpha value is -2.95. The van der Waals surface area contributed by atoms with E-state index in [-0.39, 0.29) is 6.42 Å². The Morgan fingerprint density at radius 2 is 1.71 bits per heavy atom. The first kappa shape index (κ1) is 27.3. The molecule has 0 bridgehead atoms. The number of carboxylic acids is 1. The van der Waals surface area contributed by atoms with Crippen molar-refractivity contribution in [1.29, 1.82) is 0 Å². The van der Waals surface area contributed by atoms with E-state index in [2.05, 4.69) is 27.8 Å². The van der Waals surface area contributed by atoms with Gasteiger partial charge in [0.2, 0.25) is 0 Å². The molecule has 0 aliphatic carbocycles. The summed E-state index contributed by atoms with van der Waals surface area (Å²) < 4.78 is 23.1. The lowest BCUT2D eigenvalue weighted by molar-refractivity contribution is -0.149. The lowest BCUT2D eigenvalue weighted by Crippen LogP contribution is -2.26. The standard InChI is InChI=1S/C27H31BrO6/c1-5-31-22-14-20(15-23(18-22)32-6-2)9-8-19(4)12-13-34-25-11-10-21(16-24(25)28)17-26(27(29)30)33-7-3/h10-12,14-16,18,26H,5-7,13,17H2,1-4H3,(H,29,30)/b19-12-/t26-/m0/s1. The van der Waals surface area contributed by atoms with Crippen molar-refractivity contribution in [2.75, 3.05) is 26.4 Å². The van der Waals surface area contributed by atoms with E-state index in [4.69, 9.17) is 18.9 Å². The fourth-order valence-electron chi connectivity index (χ4n) is 3.04. The number of allylic oxidation sites excluding steroid dienone is 1.